The lowest BCUT2D eigenvalue weighted by molar-refractivity contribution is 0.414. The van der Waals surface area contributed by atoms with E-state index in [9.17, 15) is 4.79 Å². The Morgan fingerprint density at radius 2 is 1.81 bits per heavy atom. The summed E-state index contributed by atoms with van der Waals surface area (Å²) >= 11 is 0. The first-order valence-corrected chi connectivity index (χ1v) is 8.99. The summed E-state index contributed by atoms with van der Waals surface area (Å²) in [6.45, 7) is 2.61. The Labute approximate surface area is 157 Å². The molecule has 5 nitrogen and oxygen atoms in total. The zero-order chi connectivity index (χ0) is 18.8. The van der Waals surface area contributed by atoms with Gasteiger partial charge in [0.15, 0.2) is 0 Å². The fraction of sp³-hybridized carbons (Fsp3) is 0.182. The van der Waals surface area contributed by atoms with Crippen molar-refractivity contribution in [2.75, 3.05) is 7.11 Å². The molecule has 0 aliphatic rings. The van der Waals surface area contributed by atoms with E-state index in [-0.39, 0.29) is 5.56 Å². The second-order valence-corrected chi connectivity index (χ2v) is 6.49. The first-order valence-electron chi connectivity index (χ1n) is 8.99. The van der Waals surface area contributed by atoms with Crippen LogP contribution in [0.15, 0.2) is 71.8 Å². The summed E-state index contributed by atoms with van der Waals surface area (Å²) in [6, 6.07) is 17.9. The minimum Gasteiger partial charge on any atom is -0.497 e. The lowest BCUT2D eigenvalue weighted by Crippen LogP contribution is -2.21. The maximum atomic E-state index is 12.9. The van der Waals surface area contributed by atoms with Gasteiger partial charge in [0, 0.05) is 18.0 Å². The van der Waals surface area contributed by atoms with Gasteiger partial charge >= 0.3 is 0 Å². The third-order valence-electron chi connectivity index (χ3n) is 4.75. The van der Waals surface area contributed by atoms with Crippen molar-refractivity contribution in [2.24, 2.45) is 0 Å². The molecule has 5 heteroatoms. The molecule has 4 aromatic rings. The van der Waals surface area contributed by atoms with Crippen LogP contribution in [0.25, 0.3) is 16.8 Å². The summed E-state index contributed by atoms with van der Waals surface area (Å²) in [5.74, 6) is 0.781. The minimum atomic E-state index is -0.0655. The molecule has 0 amide bonds. The maximum absolute atomic E-state index is 12.9. The molecular formula is C22H21N3O2. The highest BCUT2D eigenvalue weighted by Crippen LogP contribution is 2.19. The van der Waals surface area contributed by atoms with Crippen LogP contribution in [0.1, 0.15) is 18.1 Å². The number of aryl methyl sites for hydroxylation is 1. The summed E-state index contributed by atoms with van der Waals surface area (Å²) in [4.78, 5) is 12.9. The SMILES string of the molecule is CCc1ccc(-c2cc3c(=O)n(Cc4cccc(OC)c4)ccn3n2)cc1. The summed E-state index contributed by atoms with van der Waals surface area (Å²) < 4.78 is 8.60. The smallest absolute Gasteiger partial charge is 0.276 e. The van der Waals surface area contributed by atoms with Crippen LogP contribution in [-0.2, 0) is 13.0 Å². The first kappa shape index (κ1) is 17.1. The number of hydrogen-bond donors (Lipinski definition) is 0. The van der Waals surface area contributed by atoms with Crippen LogP contribution in [0, 0.1) is 0 Å². The van der Waals surface area contributed by atoms with Crippen LogP contribution in [-0.4, -0.2) is 21.3 Å². The molecule has 0 N–H and O–H groups in total. The van der Waals surface area contributed by atoms with Crippen LogP contribution >= 0.6 is 0 Å². The van der Waals surface area contributed by atoms with Gasteiger partial charge in [-0.1, -0.05) is 43.3 Å². The number of methoxy groups -OCH3 is 1. The van der Waals surface area contributed by atoms with Gasteiger partial charge in [0.25, 0.3) is 5.56 Å². The third kappa shape index (κ3) is 3.36. The van der Waals surface area contributed by atoms with Gasteiger partial charge < -0.3 is 9.30 Å². The fourth-order valence-corrected chi connectivity index (χ4v) is 3.17. The number of rotatable bonds is 5. The Balaban J connectivity index is 1.70. The predicted octanol–water partition coefficient (Wildman–Crippen LogP) is 3.78. The largest absolute Gasteiger partial charge is 0.497 e. The van der Waals surface area contributed by atoms with Crippen molar-refractivity contribution in [3.63, 3.8) is 0 Å². The molecule has 0 atom stereocenters. The van der Waals surface area contributed by atoms with Crippen LogP contribution in [0.3, 0.4) is 0 Å². The Morgan fingerprint density at radius 1 is 1.00 bits per heavy atom. The van der Waals surface area contributed by atoms with E-state index in [2.05, 4.69) is 36.3 Å². The number of hydrogen-bond acceptors (Lipinski definition) is 3. The zero-order valence-corrected chi connectivity index (χ0v) is 15.4. The standard InChI is InChI=1S/C22H21N3O2/c1-3-16-7-9-18(10-8-16)20-14-21-22(26)24(11-12-25(21)23-20)15-17-5-4-6-19(13-17)27-2/h4-14H,3,15H2,1-2H3. The molecule has 27 heavy (non-hydrogen) atoms. The monoisotopic (exact) mass is 359 g/mol. The summed E-state index contributed by atoms with van der Waals surface area (Å²) in [5, 5.41) is 4.56. The van der Waals surface area contributed by atoms with Gasteiger partial charge in [0.2, 0.25) is 0 Å². The van der Waals surface area contributed by atoms with E-state index in [4.69, 9.17) is 4.74 Å². The highest BCUT2D eigenvalue weighted by molar-refractivity contribution is 5.65. The van der Waals surface area contributed by atoms with Crippen LogP contribution < -0.4 is 10.3 Å². The highest BCUT2D eigenvalue weighted by atomic mass is 16.5. The molecular weight excluding hydrogens is 338 g/mol. The fourth-order valence-electron chi connectivity index (χ4n) is 3.17. The topological polar surface area (TPSA) is 48.5 Å². The van der Waals surface area contributed by atoms with Gasteiger partial charge in [0.1, 0.15) is 11.3 Å². The molecule has 2 aromatic carbocycles. The van der Waals surface area contributed by atoms with Crippen LogP contribution in [0.4, 0.5) is 0 Å². The summed E-state index contributed by atoms with van der Waals surface area (Å²) in [6.07, 6.45) is 4.59. The van der Waals surface area contributed by atoms with E-state index in [0.29, 0.717) is 12.1 Å². The third-order valence-corrected chi connectivity index (χ3v) is 4.75. The predicted molar refractivity (Wildman–Crippen MR) is 106 cm³/mol. The van der Waals surface area contributed by atoms with Gasteiger partial charge in [-0.25, -0.2) is 4.52 Å². The van der Waals surface area contributed by atoms with E-state index >= 15 is 0 Å². The Hall–Kier alpha value is -3.34. The normalized spacial score (nSPS) is 11.0. The highest BCUT2D eigenvalue weighted by Gasteiger charge is 2.10. The number of aromatic nitrogens is 3. The van der Waals surface area contributed by atoms with Crippen molar-refractivity contribution in [3.05, 3.63) is 88.5 Å². The van der Waals surface area contributed by atoms with Gasteiger partial charge in [-0.15, -0.1) is 0 Å². The van der Waals surface area contributed by atoms with Crippen molar-refractivity contribution < 1.29 is 4.74 Å². The minimum absolute atomic E-state index is 0.0655. The van der Waals surface area contributed by atoms with Crippen LogP contribution in [0.2, 0.25) is 0 Å². The lowest BCUT2D eigenvalue weighted by atomic mass is 10.1. The van der Waals surface area contributed by atoms with Crippen molar-refractivity contribution >= 4 is 5.52 Å². The van der Waals surface area contributed by atoms with Crippen LogP contribution in [0.5, 0.6) is 5.75 Å². The lowest BCUT2D eigenvalue weighted by Gasteiger charge is -2.07. The quantitative estimate of drug-likeness (QED) is 0.545. The molecule has 0 saturated carbocycles. The summed E-state index contributed by atoms with van der Waals surface area (Å²) in [7, 11) is 1.64. The van der Waals surface area contributed by atoms with E-state index in [1.165, 1.54) is 5.56 Å². The Morgan fingerprint density at radius 3 is 2.56 bits per heavy atom. The molecule has 0 aliphatic heterocycles. The molecule has 0 bridgehead atoms. The van der Waals surface area contributed by atoms with E-state index in [1.807, 2.05) is 36.5 Å². The van der Waals surface area contributed by atoms with E-state index in [1.54, 1.807) is 22.4 Å². The van der Waals surface area contributed by atoms with Crippen molar-refractivity contribution in [1.82, 2.24) is 14.2 Å². The maximum Gasteiger partial charge on any atom is 0.276 e. The molecule has 0 aliphatic carbocycles. The van der Waals surface area contributed by atoms with E-state index < -0.39 is 0 Å². The molecule has 2 heterocycles. The molecule has 136 valence electrons. The van der Waals surface area contributed by atoms with Crippen molar-refractivity contribution in [1.29, 1.82) is 0 Å². The number of fused-ring (bicyclic) bond motifs is 1. The van der Waals surface area contributed by atoms with E-state index in [0.717, 1.165) is 29.0 Å². The van der Waals surface area contributed by atoms with Gasteiger partial charge in [0.05, 0.1) is 19.3 Å². The number of ether oxygens (including phenoxy) is 1. The summed E-state index contributed by atoms with van der Waals surface area (Å²) in [5.41, 5.74) is 4.60. The molecule has 0 unspecified atom stereocenters. The Kier molecular flexibility index (Phi) is 4.50. The Bertz CT molecular complexity index is 1140. The number of nitrogens with zero attached hydrogens (tertiary/aromatic N) is 3. The molecule has 0 saturated heterocycles. The first-order chi connectivity index (χ1) is 13.2. The van der Waals surface area contributed by atoms with Gasteiger partial charge in [-0.3, -0.25) is 4.79 Å². The van der Waals surface area contributed by atoms with Crippen molar-refractivity contribution in [3.8, 4) is 17.0 Å². The molecule has 0 radical (unpaired) electrons. The van der Waals surface area contributed by atoms with Gasteiger partial charge in [-0.2, -0.15) is 5.10 Å². The number of benzene rings is 2. The average molecular weight is 359 g/mol. The molecule has 2 aromatic heterocycles. The molecule has 0 spiro atoms. The zero-order valence-electron chi connectivity index (χ0n) is 15.4. The molecule has 0 fully saturated rings. The van der Waals surface area contributed by atoms with Crippen molar-refractivity contribution in [2.45, 2.75) is 19.9 Å². The second kappa shape index (κ2) is 7.11. The van der Waals surface area contributed by atoms with Gasteiger partial charge in [-0.05, 0) is 35.7 Å². The molecule has 4 rings (SSSR count). The second-order valence-electron chi connectivity index (χ2n) is 6.49. The average Bonchev–Trinajstić information content (AvgIpc) is 3.15.